The fourth-order valence-corrected chi connectivity index (χ4v) is 0.852. The molecule has 0 saturated heterocycles. The molecule has 1 rings (SSSR count). The van der Waals surface area contributed by atoms with Crippen LogP contribution in [0.5, 0.6) is 0 Å². The maximum atomic E-state index is 8.90. The molecule has 0 aliphatic rings. The molecule has 62 valence electrons. The van der Waals surface area contributed by atoms with Crippen molar-refractivity contribution in [1.82, 2.24) is 0 Å². The number of nitrogens with one attached hydrogen (secondary N) is 1. The first-order valence-corrected chi connectivity index (χ1v) is 3.47. The monoisotopic (exact) mass is 191 g/mol. The molecule has 0 saturated carbocycles. The van der Waals surface area contributed by atoms with Crippen LogP contribution in [0.15, 0.2) is 24.3 Å². The Hall–Kier alpha value is -0.220. The standard InChI is InChI=1S/C7H9NOS.ClH/c1-6-2-4-7(5-3-6)8(9)10;/h2-5,9-10H,1H3;1H. The first kappa shape index (κ1) is 10.8. The molecule has 1 atom stereocenters. The van der Waals surface area contributed by atoms with Crippen LogP contribution in [-0.2, 0) is 0 Å². The molecule has 4 heteroatoms. The molecule has 11 heavy (non-hydrogen) atoms. The van der Waals surface area contributed by atoms with Crippen molar-refractivity contribution in [1.29, 1.82) is 0 Å². The number of rotatable bonds is 1. The Morgan fingerprint density at radius 2 is 1.73 bits per heavy atom. The van der Waals surface area contributed by atoms with E-state index in [2.05, 4.69) is 12.8 Å². The minimum absolute atomic E-state index is 0. The Balaban J connectivity index is 0.000001000. The largest absolute Gasteiger partial charge is 1.00 e. The average Bonchev–Trinajstić information content (AvgIpc) is 1.88. The Morgan fingerprint density at radius 1 is 1.27 bits per heavy atom. The topological polar surface area (TPSA) is 24.7 Å². The van der Waals surface area contributed by atoms with Gasteiger partial charge in [-0.25, -0.2) is 5.21 Å². The van der Waals surface area contributed by atoms with E-state index in [0.717, 1.165) is 5.69 Å². The number of benzene rings is 1. The van der Waals surface area contributed by atoms with Crippen LogP contribution in [0.3, 0.4) is 0 Å². The van der Waals surface area contributed by atoms with Crippen molar-refractivity contribution in [2.45, 2.75) is 6.92 Å². The van der Waals surface area contributed by atoms with Gasteiger partial charge in [0.15, 0.2) is 5.69 Å². The van der Waals surface area contributed by atoms with E-state index < -0.39 is 0 Å². The van der Waals surface area contributed by atoms with Gasteiger partial charge in [-0.3, -0.25) is 0 Å². The smallest absolute Gasteiger partial charge is 0.175 e. The third-order valence-electron chi connectivity index (χ3n) is 1.31. The lowest BCUT2D eigenvalue weighted by Crippen LogP contribution is -3.00. The highest BCUT2D eigenvalue weighted by atomic mass is 35.5. The Labute approximate surface area is 77.7 Å². The van der Waals surface area contributed by atoms with Gasteiger partial charge in [0.05, 0.1) is 12.8 Å². The summed E-state index contributed by atoms with van der Waals surface area (Å²) in [5.74, 6) is 0. The van der Waals surface area contributed by atoms with Gasteiger partial charge in [0.2, 0.25) is 0 Å². The van der Waals surface area contributed by atoms with Crippen LogP contribution < -0.4 is 16.9 Å². The van der Waals surface area contributed by atoms with Gasteiger partial charge in [-0.15, -0.1) is 4.47 Å². The van der Waals surface area contributed by atoms with E-state index in [-0.39, 0.29) is 16.9 Å². The highest BCUT2D eigenvalue weighted by molar-refractivity contribution is 7.73. The number of hydrogen-bond acceptors (Lipinski definition) is 2. The Bertz CT molecular complexity index is 212. The van der Waals surface area contributed by atoms with Crippen LogP contribution in [0.25, 0.3) is 0 Å². The fourth-order valence-electron chi connectivity index (χ4n) is 0.703. The molecule has 0 amide bonds. The maximum Gasteiger partial charge on any atom is 0.175 e. The third kappa shape index (κ3) is 3.12. The summed E-state index contributed by atoms with van der Waals surface area (Å²) in [5, 5.41) is 8.90. The fraction of sp³-hybridized carbons (Fsp3) is 0.143. The van der Waals surface area contributed by atoms with E-state index >= 15 is 0 Å². The molecule has 0 radical (unpaired) electrons. The van der Waals surface area contributed by atoms with E-state index in [1.165, 1.54) is 5.56 Å². The number of halogens is 1. The molecule has 1 aromatic carbocycles. The van der Waals surface area contributed by atoms with E-state index in [9.17, 15) is 0 Å². The van der Waals surface area contributed by atoms with Crippen LogP contribution in [0.4, 0.5) is 5.69 Å². The number of quaternary nitrogens is 1. The van der Waals surface area contributed by atoms with Crippen molar-refractivity contribution in [2.24, 2.45) is 0 Å². The molecule has 0 aromatic heterocycles. The van der Waals surface area contributed by atoms with Crippen molar-refractivity contribution in [3.63, 3.8) is 0 Å². The second-order valence-corrected chi connectivity index (χ2v) is 2.61. The molecule has 0 aliphatic heterocycles. The highest BCUT2D eigenvalue weighted by Gasteiger charge is 2.00. The summed E-state index contributed by atoms with van der Waals surface area (Å²) in [7, 11) is 0. The molecule has 0 heterocycles. The van der Waals surface area contributed by atoms with Gasteiger partial charge in [0, 0.05) is 12.1 Å². The molecule has 0 spiro atoms. The summed E-state index contributed by atoms with van der Waals surface area (Å²) in [4.78, 5) is 0. The maximum absolute atomic E-state index is 8.90. The normalized spacial score (nSPS) is 11.9. The van der Waals surface area contributed by atoms with Crippen molar-refractivity contribution in [3.8, 4) is 0 Å². The minimum Gasteiger partial charge on any atom is -1.00 e. The van der Waals surface area contributed by atoms with Gasteiger partial charge in [-0.1, -0.05) is 17.7 Å². The van der Waals surface area contributed by atoms with E-state index in [0.29, 0.717) is 0 Å². The van der Waals surface area contributed by atoms with E-state index in [4.69, 9.17) is 5.21 Å². The molecule has 2 N–H and O–H groups in total. The quantitative estimate of drug-likeness (QED) is 0.339. The first-order chi connectivity index (χ1) is 4.70. The SMILES string of the molecule is Cc1ccc([NH+](O)S)cc1.[Cl-]. The Morgan fingerprint density at radius 3 is 2.09 bits per heavy atom. The molecular weight excluding hydrogens is 182 g/mol. The van der Waals surface area contributed by atoms with Gasteiger partial charge in [0.1, 0.15) is 0 Å². The lowest BCUT2D eigenvalue weighted by molar-refractivity contribution is -0.909. The molecule has 2 nitrogen and oxygen atoms in total. The third-order valence-corrected chi connectivity index (χ3v) is 1.57. The van der Waals surface area contributed by atoms with E-state index in [1.807, 2.05) is 31.2 Å². The second kappa shape index (κ2) is 4.62. The van der Waals surface area contributed by atoms with Crippen LogP contribution in [0.2, 0.25) is 0 Å². The molecule has 1 unspecified atom stereocenters. The summed E-state index contributed by atoms with van der Waals surface area (Å²) in [6.07, 6.45) is 0. The van der Waals surface area contributed by atoms with Gasteiger partial charge >= 0.3 is 0 Å². The molecule has 1 aromatic rings. The average molecular weight is 192 g/mol. The summed E-state index contributed by atoms with van der Waals surface area (Å²) in [6.45, 7) is 2.00. The van der Waals surface area contributed by atoms with Gasteiger partial charge in [0.25, 0.3) is 0 Å². The lowest BCUT2D eigenvalue weighted by Gasteiger charge is -1.99. The van der Waals surface area contributed by atoms with Crippen LogP contribution in [0.1, 0.15) is 5.56 Å². The first-order valence-electron chi connectivity index (χ1n) is 3.02. The van der Waals surface area contributed by atoms with Gasteiger partial charge in [-0.2, -0.15) is 0 Å². The molecule has 0 bridgehead atoms. The number of thiol groups is 1. The summed E-state index contributed by atoms with van der Waals surface area (Å²) in [5.41, 5.74) is 1.94. The predicted molar refractivity (Wildman–Crippen MR) is 42.6 cm³/mol. The zero-order valence-corrected chi connectivity index (χ0v) is 7.73. The second-order valence-electron chi connectivity index (χ2n) is 2.19. The minimum atomic E-state index is 0. The molecule has 0 aliphatic carbocycles. The predicted octanol–water partition coefficient (Wildman–Crippen LogP) is -2.25. The van der Waals surface area contributed by atoms with Crippen LogP contribution in [-0.4, -0.2) is 5.21 Å². The summed E-state index contributed by atoms with van der Waals surface area (Å²) in [6, 6.07) is 7.53. The van der Waals surface area contributed by atoms with Crippen LogP contribution in [0, 0.1) is 6.92 Å². The number of aryl methyl sites for hydroxylation is 1. The van der Waals surface area contributed by atoms with Crippen molar-refractivity contribution in [3.05, 3.63) is 29.8 Å². The zero-order chi connectivity index (χ0) is 7.56. The highest BCUT2D eigenvalue weighted by Crippen LogP contribution is 2.02. The van der Waals surface area contributed by atoms with Gasteiger partial charge in [-0.05, 0) is 6.92 Å². The summed E-state index contributed by atoms with van der Waals surface area (Å²) < 4.78 is 0.0694. The zero-order valence-electron chi connectivity index (χ0n) is 6.08. The van der Waals surface area contributed by atoms with E-state index in [1.54, 1.807) is 0 Å². The molecule has 0 fully saturated rings. The van der Waals surface area contributed by atoms with Crippen molar-refractivity contribution < 1.29 is 22.1 Å². The Kier molecular flexibility index (Phi) is 4.52. The van der Waals surface area contributed by atoms with Crippen LogP contribution >= 0.6 is 12.8 Å². The van der Waals surface area contributed by atoms with Crippen molar-refractivity contribution >= 4 is 18.5 Å². The van der Waals surface area contributed by atoms with Crippen molar-refractivity contribution in [2.75, 3.05) is 0 Å². The molecular formula is C7H10ClNOS. The number of hydrogen-bond donors (Lipinski definition) is 3. The lowest BCUT2D eigenvalue weighted by atomic mass is 10.2. The summed E-state index contributed by atoms with van der Waals surface area (Å²) >= 11 is 3.79. The van der Waals surface area contributed by atoms with Gasteiger partial charge < -0.3 is 12.4 Å².